The van der Waals surface area contributed by atoms with Crippen molar-refractivity contribution < 1.29 is 19.1 Å². The molecule has 1 aliphatic heterocycles. The van der Waals surface area contributed by atoms with Crippen molar-refractivity contribution in [1.29, 1.82) is 0 Å². The number of likely N-dealkylation sites (tertiary alicyclic amines) is 1. The topological polar surface area (TPSA) is 55.8 Å². The van der Waals surface area contributed by atoms with E-state index < -0.39 is 18.1 Å². The Balaban J connectivity index is 2.15. The second-order valence-electron chi connectivity index (χ2n) is 4.38. The zero-order valence-electron chi connectivity index (χ0n) is 11.4. The van der Waals surface area contributed by atoms with Crippen molar-refractivity contribution in [2.75, 3.05) is 14.2 Å². The minimum absolute atomic E-state index is 0.117. The Morgan fingerprint density at radius 3 is 2.45 bits per heavy atom. The number of esters is 1. The minimum atomic E-state index is -0.561. The summed E-state index contributed by atoms with van der Waals surface area (Å²) in [6.07, 6.45) is 0.826. The molecule has 0 N–H and O–H groups in total. The summed E-state index contributed by atoms with van der Waals surface area (Å²) in [5.74, 6) is -0.397. The molecule has 1 saturated heterocycles. The Bertz CT molecular complexity index is 479. The molecule has 0 spiro atoms. The molecule has 0 radical (unpaired) electrons. The van der Waals surface area contributed by atoms with E-state index >= 15 is 0 Å². The summed E-state index contributed by atoms with van der Waals surface area (Å²) in [5, 5.41) is -0.117. The van der Waals surface area contributed by atoms with Crippen LogP contribution in [0.2, 0.25) is 0 Å². The van der Waals surface area contributed by atoms with E-state index in [1.54, 1.807) is 11.8 Å². The first kappa shape index (κ1) is 14.7. The highest BCUT2D eigenvalue weighted by molar-refractivity contribution is 7.99. The number of thioether (sulfide) groups is 1. The number of amides is 1. The number of carbonyl (C=O) groups excluding carboxylic acids is 2. The molecule has 0 aromatic heterocycles. The molecule has 1 aromatic rings. The fourth-order valence-corrected chi connectivity index (χ4v) is 3.50. The molecule has 0 bridgehead atoms. The molecule has 20 heavy (non-hydrogen) atoms. The Kier molecular flexibility index (Phi) is 4.89. The van der Waals surface area contributed by atoms with Crippen LogP contribution in [0.5, 0.6) is 0 Å². The zero-order valence-corrected chi connectivity index (χ0v) is 12.3. The highest BCUT2D eigenvalue weighted by Crippen LogP contribution is 2.36. The van der Waals surface area contributed by atoms with Gasteiger partial charge in [-0.3, -0.25) is 4.90 Å². The predicted molar refractivity (Wildman–Crippen MR) is 75.4 cm³/mol. The largest absolute Gasteiger partial charge is 0.467 e. The SMILES string of the molecule is COC(=O)[C@@H]1CC[C@@H](Sc2ccccc2)N1C(=O)OC. The first-order valence-corrected chi connectivity index (χ1v) is 7.21. The van der Waals surface area contributed by atoms with E-state index in [0.717, 1.165) is 11.3 Å². The van der Waals surface area contributed by atoms with Crippen LogP contribution in [0, 0.1) is 0 Å². The van der Waals surface area contributed by atoms with E-state index in [0.29, 0.717) is 6.42 Å². The summed E-state index contributed by atoms with van der Waals surface area (Å²) in [6, 6.07) is 9.22. The van der Waals surface area contributed by atoms with Crippen molar-refractivity contribution in [2.45, 2.75) is 29.2 Å². The van der Waals surface area contributed by atoms with Crippen molar-refractivity contribution in [2.24, 2.45) is 0 Å². The van der Waals surface area contributed by atoms with Gasteiger partial charge in [0.15, 0.2) is 0 Å². The van der Waals surface area contributed by atoms with Crippen LogP contribution >= 0.6 is 11.8 Å². The van der Waals surface area contributed by atoms with Crippen LogP contribution in [0.15, 0.2) is 35.2 Å². The molecular weight excluding hydrogens is 278 g/mol. The van der Waals surface area contributed by atoms with Crippen LogP contribution in [0.4, 0.5) is 4.79 Å². The van der Waals surface area contributed by atoms with Crippen LogP contribution in [-0.2, 0) is 14.3 Å². The lowest BCUT2D eigenvalue weighted by Gasteiger charge is -2.27. The Morgan fingerprint density at radius 2 is 1.85 bits per heavy atom. The molecular formula is C14H17NO4S. The van der Waals surface area contributed by atoms with Crippen molar-refractivity contribution in [3.63, 3.8) is 0 Å². The van der Waals surface area contributed by atoms with E-state index in [1.807, 2.05) is 30.3 Å². The van der Waals surface area contributed by atoms with Gasteiger partial charge in [-0.05, 0) is 25.0 Å². The second-order valence-corrected chi connectivity index (χ2v) is 5.63. The number of carbonyl (C=O) groups is 2. The average molecular weight is 295 g/mol. The molecule has 1 aromatic carbocycles. The Hall–Kier alpha value is -1.69. The Morgan fingerprint density at radius 1 is 1.15 bits per heavy atom. The molecule has 2 atom stereocenters. The van der Waals surface area contributed by atoms with Gasteiger partial charge in [-0.15, -0.1) is 11.8 Å². The predicted octanol–water partition coefficient (Wildman–Crippen LogP) is 2.51. The van der Waals surface area contributed by atoms with Crippen molar-refractivity contribution in [3.05, 3.63) is 30.3 Å². The molecule has 1 heterocycles. The number of nitrogens with zero attached hydrogens (tertiary/aromatic N) is 1. The van der Waals surface area contributed by atoms with E-state index in [9.17, 15) is 9.59 Å². The van der Waals surface area contributed by atoms with Crippen LogP contribution in [0.1, 0.15) is 12.8 Å². The summed E-state index contributed by atoms with van der Waals surface area (Å²) >= 11 is 1.55. The lowest BCUT2D eigenvalue weighted by Crippen LogP contribution is -2.44. The lowest BCUT2D eigenvalue weighted by atomic mass is 10.2. The van der Waals surface area contributed by atoms with Gasteiger partial charge in [-0.1, -0.05) is 18.2 Å². The van der Waals surface area contributed by atoms with Gasteiger partial charge in [-0.25, -0.2) is 9.59 Å². The van der Waals surface area contributed by atoms with Gasteiger partial charge < -0.3 is 9.47 Å². The zero-order chi connectivity index (χ0) is 14.5. The van der Waals surface area contributed by atoms with Crippen LogP contribution in [0.3, 0.4) is 0 Å². The summed E-state index contributed by atoms with van der Waals surface area (Å²) in [5.41, 5.74) is 0. The molecule has 108 valence electrons. The maximum Gasteiger partial charge on any atom is 0.411 e. The van der Waals surface area contributed by atoms with E-state index in [4.69, 9.17) is 9.47 Å². The maximum atomic E-state index is 11.9. The number of rotatable bonds is 3. The first-order chi connectivity index (χ1) is 9.67. The van der Waals surface area contributed by atoms with Crippen LogP contribution in [-0.4, -0.2) is 42.6 Å². The van der Waals surface area contributed by atoms with Crippen molar-refractivity contribution in [1.82, 2.24) is 4.90 Å². The van der Waals surface area contributed by atoms with Gasteiger partial charge in [0.1, 0.15) is 6.04 Å². The highest BCUT2D eigenvalue weighted by Gasteiger charge is 2.42. The summed E-state index contributed by atoms with van der Waals surface area (Å²) in [7, 11) is 2.65. The normalized spacial score (nSPS) is 21.6. The molecule has 6 heteroatoms. The quantitative estimate of drug-likeness (QED) is 0.802. The molecule has 1 fully saturated rings. The van der Waals surface area contributed by atoms with Gasteiger partial charge >= 0.3 is 12.1 Å². The fourth-order valence-electron chi connectivity index (χ4n) is 2.27. The molecule has 0 aliphatic carbocycles. The minimum Gasteiger partial charge on any atom is -0.467 e. The summed E-state index contributed by atoms with van der Waals surface area (Å²) in [6.45, 7) is 0. The standard InChI is InChI=1S/C14H17NO4S/c1-18-13(16)11-8-9-12(15(11)14(17)19-2)20-10-6-4-3-5-7-10/h3-7,11-12H,8-9H2,1-2H3/t11-,12+/m0/s1. The fraction of sp³-hybridized carbons (Fsp3) is 0.429. The first-order valence-electron chi connectivity index (χ1n) is 6.33. The highest BCUT2D eigenvalue weighted by atomic mass is 32.2. The number of hydrogen-bond acceptors (Lipinski definition) is 5. The molecule has 0 unspecified atom stereocenters. The van der Waals surface area contributed by atoms with E-state index in [2.05, 4.69) is 0 Å². The summed E-state index contributed by atoms with van der Waals surface area (Å²) in [4.78, 5) is 26.2. The van der Waals surface area contributed by atoms with Gasteiger partial charge in [0.05, 0.1) is 19.6 Å². The number of ether oxygens (including phenoxy) is 2. The van der Waals surface area contributed by atoms with Crippen molar-refractivity contribution in [3.8, 4) is 0 Å². The molecule has 1 amide bonds. The molecule has 0 saturated carbocycles. The lowest BCUT2D eigenvalue weighted by molar-refractivity contribution is -0.145. The van der Waals surface area contributed by atoms with Crippen LogP contribution in [0.25, 0.3) is 0 Å². The third-order valence-corrected chi connectivity index (χ3v) is 4.49. The number of methoxy groups -OCH3 is 2. The summed E-state index contributed by atoms with van der Waals surface area (Å²) < 4.78 is 9.55. The Labute approximate surface area is 122 Å². The molecule has 1 aliphatic rings. The number of hydrogen-bond donors (Lipinski definition) is 0. The third-order valence-electron chi connectivity index (χ3n) is 3.21. The van der Waals surface area contributed by atoms with Gasteiger partial charge in [-0.2, -0.15) is 0 Å². The third kappa shape index (κ3) is 3.07. The van der Waals surface area contributed by atoms with Gasteiger partial charge in [0.25, 0.3) is 0 Å². The van der Waals surface area contributed by atoms with E-state index in [1.165, 1.54) is 19.1 Å². The smallest absolute Gasteiger partial charge is 0.411 e. The van der Waals surface area contributed by atoms with Crippen molar-refractivity contribution >= 4 is 23.8 Å². The average Bonchev–Trinajstić information content (AvgIpc) is 2.90. The van der Waals surface area contributed by atoms with Gasteiger partial charge in [0, 0.05) is 4.90 Å². The van der Waals surface area contributed by atoms with Crippen LogP contribution < -0.4 is 0 Å². The van der Waals surface area contributed by atoms with Gasteiger partial charge in [0.2, 0.25) is 0 Å². The van der Waals surface area contributed by atoms with E-state index in [-0.39, 0.29) is 5.37 Å². The molecule has 2 rings (SSSR count). The molecule has 5 nitrogen and oxygen atoms in total. The number of benzene rings is 1. The monoisotopic (exact) mass is 295 g/mol. The maximum absolute atomic E-state index is 11.9. The second kappa shape index (κ2) is 6.65.